The molecule has 0 N–H and O–H groups in total. The Morgan fingerprint density at radius 1 is 1.80 bits per heavy atom. The van der Waals surface area contributed by atoms with Crippen LogP contribution in [0.1, 0.15) is 6.92 Å². The van der Waals surface area contributed by atoms with Gasteiger partial charge in [0.1, 0.15) is 6.10 Å². The first-order valence-corrected chi connectivity index (χ1v) is 3.28. The highest BCUT2D eigenvalue weighted by Gasteiger charge is 2.20. The van der Waals surface area contributed by atoms with Crippen molar-refractivity contribution in [3.05, 3.63) is 24.3 Å². The summed E-state index contributed by atoms with van der Waals surface area (Å²) in [7, 11) is 0. The van der Waals surface area contributed by atoms with Crippen LogP contribution in [0.4, 0.5) is 0 Å². The second-order valence-electron chi connectivity index (χ2n) is 2.12. The van der Waals surface area contributed by atoms with Crippen molar-refractivity contribution in [1.29, 1.82) is 0 Å². The molecule has 0 heterocycles. The molecule has 0 bridgehead atoms. The molecule has 1 rings (SSSR count). The molecule has 54 valence electrons. The maximum atomic E-state index is 10.8. The van der Waals surface area contributed by atoms with E-state index in [4.69, 9.17) is 4.74 Å². The molecule has 0 aliphatic heterocycles. The number of hydrogen-bond donors (Lipinski definition) is 0. The van der Waals surface area contributed by atoms with Crippen LogP contribution in [0.2, 0.25) is 0 Å². The third-order valence-corrected chi connectivity index (χ3v) is 1.43. The Kier molecular flexibility index (Phi) is 2.02. The van der Waals surface area contributed by atoms with Gasteiger partial charge >= 0.3 is 0 Å². The molecular formula is C8H10O2. The summed E-state index contributed by atoms with van der Waals surface area (Å²) in [6.07, 6.45) is 3.06. The summed E-state index contributed by atoms with van der Waals surface area (Å²) in [5.74, 6) is -0.0153. The molecule has 1 unspecified atom stereocenters. The molecule has 0 aromatic heterocycles. The van der Waals surface area contributed by atoms with Crippen LogP contribution in [0.15, 0.2) is 24.3 Å². The van der Waals surface area contributed by atoms with Crippen LogP contribution in [-0.2, 0) is 9.53 Å². The normalized spacial score (nSPS) is 24.3. The summed E-state index contributed by atoms with van der Waals surface area (Å²) in [5.41, 5.74) is 0.543. The summed E-state index contributed by atoms with van der Waals surface area (Å²) >= 11 is 0. The first-order chi connectivity index (χ1) is 4.75. The Morgan fingerprint density at radius 2 is 2.50 bits per heavy atom. The minimum atomic E-state index is -0.169. The van der Waals surface area contributed by atoms with Gasteiger partial charge in [-0.2, -0.15) is 0 Å². The highest BCUT2D eigenvalue weighted by Crippen LogP contribution is 2.14. The van der Waals surface area contributed by atoms with E-state index in [1.54, 1.807) is 6.08 Å². The van der Waals surface area contributed by atoms with Crippen LogP contribution in [0.25, 0.3) is 0 Å². The van der Waals surface area contributed by atoms with Gasteiger partial charge in [0.15, 0.2) is 5.78 Å². The number of carbonyl (C=O) groups is 1. The first kappa shape index (κ1) is 7.22. The van der Waals surface area contributed by atoms with Gasteiger partial charge in [-0.15, -0.1) is 0 Å². The minimum Gasteiger partial charge on any atom is -0.370 e. The van der Waals surface area contributed by atoms with Crippen molar-refractivity contribution in [2.45, 2.75) is 13.0 Å². The van der Waals surface area contributed by atoms with Gasteiger partial charge in [0.2, 0.25) is 0 Å². The monoisotopic (exact) mass is 138 g/mol. The number of hydrogen-bond acceptors (Lipinski definition) is 2. The molecule has 1 atom stereocenters. The maximum absolute atomic E-state index is 10.8. The lowest BCUT2D eigenvalue weighted by Gasteiger charge is -2.07. The van der Waals surface area contributed by atoms with Gasteiger partial charge in [-0.25, -0.2) is 0 Å². The fourth-order valence-electron chi connectivity index (χ4n) is 0.874. The third kappa shape index (κ3) is 1.16. The van der Waals surface area contributed by atoms with Gasteiger partial charge in [0, 0.05) is 12.2 Å². The molecule has 2 nitrogen and oxygen atoms in total. The van der Waals surface area contributed by atoms with Crippen molar-refractivity contribution in [3.63, 3.8) is 0 Å². The van der Waals surface area contributed by atoms with E-state index >= 15 is 0 Å². The Hall–Kier alpha value is -0.890. The highest BCUT2D eigenvalue weighted by atomic mass is 16.5. The van der Waals surface area contributed by atoms with E-state index < -0.39 is 0 Å². The summed E-state index contributed by atoms with van der Waals surface area (Å²) < 4.78 is 5.18. The van der Waals surface area contributed by atoms with E-state index in [2.05, 4.69) is 6.58 Å². The Balaban J connectivity index is 2.58. The van der Waals surface area contributed by atoms with E-state index in [9.17, 15) is 4.79 Å². The average Bonchev–Trinajstić information content (AvgIpc) is 2.20. The quantitative estimate of drug-likeness (QED) is 0.534. The summed E-state index contributed by atoms with van der Waals surface area (Å²) in [6, 6.07) is 0. The van der Waals surface area contributed by atoms with Crippen LogP contribution < -0.4 is 0 Å². The molecule has 0 fully saturated rings. The Labute approximate surface area is 60.2 Å². The second-order valence-corrected chi connectivity index (χ2v) is 2.12. The van der Waals surface area contributed by atoms with E-state index in [1.807, 2.05) is 6.92 Å². The zero-order valence-corrected chi connectivity index (χ0v) is 5.96. The molecule has 10 heavy (non-hydrogen) atoms. The van der Waals surface area contributed by atoms with Gasteiger partial charge in [-0.05, 0) is 19.1 Å². The Morgan fingerprint density at radius 3 is 2.90 bits per heavy atom. The standard InChI is InChI=1S/C8H10O2/c1-3-10-8-5-4-7(9)6(8)2/h4-5,8H,2-3H2,1H3. The molecule has 0 aromatic rings. The summed E-state index contributed by atoms with van der Waals surface area (Å²) in [6.45, 7) is 6.10. The van der Waals surface area contributed by atoms with Crippen LogP contribution in [-0.4, -0.2) is 18.5 Å². The topological polar surface area (TPSA) is 26.3 Å². The van der Waals surface area contributed by atoms with E-state index in [1.165, 1.54) is 6.08 Å². The largest absolute Gasteiger partial charge is 0.370 e. The fourth-order valence-corrected chi connectivity index (χ4v) is 0.874. The molecule has 0 aromatic carbocycles. The molecule has 0 saturated heterocycles. The van der Waals surface area contributed by atoms with Gasteiger partial charge in [-0.1, -0.05) is 6.58 Å². The molecule has 0 spiro atoms. The zero-order chi connectivity index (χ0) is 7.56. The van der Waals surface area contributed by atoms with Crippen LogP contribution >= 0.6 is 0 Å². The van der Waals surface area contributed by atoms with Crippen LogP contribution in [0, 0.1) is 0 Å². The third-order valence-electron chi connectivity index (χ3n) is 1.43. The number of ketones is 1. The predicted octanol–water partition coefficient (Wildman–Crippen LogP) is 1.09. The molecule has 0 radical (unpaired) electrons. The molecule has 0 amide bonds. The van der Waals surface area contributed by atoms with Gasteiger partial charge in [0.25, 0.3) is 0 Å². The smallest absolute Gasteiger partial charge is 0.183 e. The first-order valence-electron chi connectivity index (χ1n) is 3.28. The molecule has 1 aliphatic carbocycles. The predicted molar refractivity (Wildman–Crippen MR) is 38.7 cm³/mol. The minimum absolute atomic E-state index is 0.0153. The fraction of sp³-hybridized carbons (Fsp3) is 0.375. The van der Waals surface area contributed by atoms with Crippen molar-refractivity contribution >= 4 is 5.78 Å². The molecule has 0 saturated carbocycles. The highest BCUT2D eigenvalue weighted by molar-refractivity contribution is 6.07. The van der Waals surface area contributed by atoms with E-state index in [0.717, 1.165) is 0 Å². The lowest BCUT2D eigenvalue weighted by molar-refractivity contribution is -0.111. The SMILES string of the molecule is C=C1C(=O)C=CC1OCC. The average molecular weight is 138 g/mol. The molecule has 1 aliphatic rings. The van der Waals surface area contributed by atoms with Gasteiger partial charge in [0.05, 0.1) is 0 Å². The number of carbonyl (C=O) groups excluding carboxylic acids is 1. The van der Waals surface area contributed by atoms with E-state index in [0.29, 0.717) is 12.2 Å². The summed E-state index contributed by atoms with van der Waals surface area (Å²) in [4.78, 5) is 10.8. The molecular weight excluding hydrogens is 128 g/mol. The van der Waals surface area contributed by atoms with Gasteiger partial charge in [-0.3, -0.25) is 4.79 Å². The van der Waals surface area contributed by atoms with Gasteiger partial charge < -0.3 is 4.74 Å². The molecule has 2 heteroatoms. The maximum Gasteiger partial charge on any atom is 0.183 e. The van der Waals surface area contributed by atoms with Crippen molar-refractivity contribution < 1.29 is 9.53 Å². The number of ether oxygens (including phenoxy) is 1. The van der Waals surface area contributed by atoms with E-state index in [-0.39, 0.29) is 11.9 Å². The summed E-state index contributed by atoms with van der Waals surface area (Å²) in [5, 5.41) is 0. The van der Waals surface area contributed by atoms with Crippen LogP contribution in [0.5, 0.6) is 0 Å². The van der Waals surface area contributed by atoms with Crippen LogP contribution in [0.3, 0.4) is 0 Å². The van der Waals surface area contributed by atoms with Crippen molar-refractivity contribution in [3.8, 4) is 0 Å². The number of allylic oxidation sites excluding steroid dienone is 1. The second kappa shape index (κ2) is 2.80. The van der Waals surface area contributed by atoms with Crippen molar-refractivity contribution in [1.82, 2.24) is 0 Å². The Bertz CT molecular complexity index is 191. The number of rotatable bonds is 2. The lowest BCUT2D eigenvalue weighted by Crippen LogP contribution is -2.11. The van der Waals surface area contributed by atoms with Crippen molar-refractivity contribution in [2.24, 2.45) is 0 Å². The lowest BCUT2D eigenvalue weighted by atomic mass is 10.2. The zero-order valence-electron chi connectivity index (χ0n) is 5.96. The van der Waals surface area contributed by atoms with Crippen molar-refractivity contribution in [2.75, 3.05) is 6.61 Å².